The SMILES string of the molecule is COC(=O)C1(C=NOCc2ccccc2)CCC(C)(C)CC1. The van der Waals surface area contributed by atoms with Crippen LogP contribution in [0.1, 0.15) is 45.1 Å². The third-order valence-electron chi connectivity index (χ3n) is 4.54. The second kappa shape index (κ2) is 6.95. The Kier molecular flexibility index (Phi) is 5.22. The Bertz CT molecular complexity index is 512. The van der Waals surface area contributed by atoms with Gasteiger partial charge in [0, 0.05) is 0 Å². The number of hydrogen-bond donors (Lipinski definition) is 0. The van der Waals surface area contributed by atoms with Gasteiger partial charge in [0.25, 0.3) is 0 Å². The summed E-state index contributed by atoms with van der Waals surface area (Å²) >= 11 is 0. The van der Waals surface area contributed by atoms with Gasteiger partial charge in [-0.05, 0) is 36.7 Å². The lowest BCUT2D eigenvalue weighted by Gasteiger charge is -2.39. The molecule has 0 unspecified atom stereocenters. The number of esters is 1. The number of carbonyl (C=O) groups excluding carboxylic acids is 1. The number of oxime groups is 1. The number of benzene rings is 1. The molecule has 0 atom stereocenters. The average Bonchev–Trinajstić information content (AvgIpc) is 2.53. The summed E-state index contributed by atoms with van der Waals surface area (Å²) in [6.07, 6.45) is 5.12. The van der Waals surface area contributed by atoms with E-state index in [2.05, 4.69) is 19.0 Å². The first-order chi connectivity index (χ1) is 10.5. The van der Waals surface area contributed by atoms with Gasteiger partial charge in [-0.3, -0.25) is 4.79 Å². The lowest BCUT2D eigenvalue weighted by atomic mass is 9.65. The van der Waals surface area contributed by atoms with Crippen LogP contribution in [0.5, 0.6) is 0 Å². The van der Waals surface area contributed by atoms with Crippen LogP contribution in [0.15, 0.2) is 35.5 Å². The van der Waals surface area contributed by atoms with Crippen LogP contribution >= 0.6 is 0 Å². The summed E-state index contributed by atoms with van der Waals surface area (Å²) in [5, 5.41) is 4.05. The number of rotatable bonds is 5. The Morgan fingerprint density at radius 1 is 1.18 bits per heavy atom. The molecular weight excluding hydrogens is 278 g/mol. The maximum absolute atomic E-state index is 12.2. The number of methoxy groups -OCH3 is 1. The van der Waals surface area contributed by atoms with Crippen LogP contribution in [0.25, 0.3) is 0 Å². The van der Waals surface area contributed by atoms with E-state index in [9.17, 15) is 4.79 Å². The zero-order valence-electron chi connectivity index (χ0n) is 13.7. The number of nitrogens with zero attached hydrogens (tertiary/aromatic N) is 1. The van der Waals surface area contributed by atoms with Crippen molar-refractivity contribution < 1.29 is 14.4 Å². The first-order valence-electron chi connectivity index (χ1n) is 7.76. The number of hydrogen-bond acceptors (Lipinski definition) is 4. The van der Waals surface area contributed by atoms with Crippen molar-refractivity contribution in [1.82, 2.24) is 0 Å². The highest BCUT2D eigenvalue weighted by molar-refractivity contribution is 5.95. The Morgan fingerprint density at radius 2 is 1.82 bits per heavy atom. The van der Waals surface area contributed by atoms with Crippen molar-refractivity contribution in [3.8, 4) is 0 Å². The summed E-state index contributed by atoms with van der Waals surface area (Å²) in [5.41, 5.74) is 0.688. The first-order valence-corrected chi connectivity index (χ1v) is 7.76. The van der Waals surface area contributed by atoms with Crippen molar-refractivity contribution in [3.05, 3.63) is 35.9 Å². The molecule has 0 radical (unpaired) electrons. The maximum atomic E-state index is 12.2. The van der Waals surface area contributed by atoms with Crippen molar-refractivity contribution in [1.29, 1.82) is 0 Å². The van der Waals surface area contributed by atoms with E-state index in [1.165, 1.54) is 7.11 Å². The van der Waals surface area contributed by atoms with Crippen LogP contribution in [-0.4, -0.2) is 19.3 Å². The Hall–Kier alpha value is -1.84. The summed E-state index contributed by atoms with van der Waals surface area (Å²) in [6.45, 7) is 4.87. The molecule has 4 nitrogen and oxygen atoms in total. The molecule has 0 aliphatic heterocycles. The molecule has 1 aliphatic rings. The van der Waals surface area contributed by atoms with Crippen molar-refractivity contribution in [2.24, 2.45) is 16.0 Å². The maximum Gasteiger partial charge on any atom is 0.317 e. The van der Waals surface area contributed by atoms with E-state index in [1.807, 2.05) is 30.3 Å². The molecule has 0 spiro atoms. The molecule has 4 heteroatoms. The highest BCUT2D eigenvalue weighted by Gasteiger charge is 2.44. The zero-order valence-corrected chi connectivity index (χ0v) is 13.7. The molecule has 1 aromatic carbocycles. The second-order valence-electron chi connectivity index (χ2n) is 6.81. The molecule has 1 fully saturated rings. The van der Waals surface area contributed by atoms with E-state index in [1.54, 1.807) is 6.21 Å². The number of ether oxygens (including phenoxy) is 1. The molecule has 0 bridgehead atoms. The lowest BCUT2D eigenvalue weighted by molar-refractivity contribution is -0.150. The fourth-order valence-corrected chi connectivity index (χ4v) is 2.79. The Labute approximate surface area is 132 Å². The van der Waals surface area contributed by atoms with E-state index < -0.39 is 5.41 Å². The smallest absolute Gasteiger partial charge is 0.317 e. The van der Waals surface area contributed by atoms with Gasteiger partial charge < -0.3 is 9.57 Å². The third kappa shape index (κ3) is 4.09. The van der Waals surface area contributed by atoms with Crippen molar-refractivity contribution in [2.45, 2.75) is 46.1 Å². The molecule has 0 aromatic heterocycles. The van der Waals surface area contributed by atoms with Crippen molar-refractivity contribution >= 4 is 12.2 Å². The molecule has 1 saturated carbocycles. The molecule has 22 heavy (non-hydrogen) atoms. The quantitative estimate of drug-likeness (QED) is 0.470. The topological polar surface area (TPSA) is 47.9 Å². The minimum Gasteiger partial charge on any atom is -0.468 e. The fraction of sp³-hybridized carbons (Fsp3) is 0.556. The monoisotopic (exact) mass is 303 g/mol. The van der Waals surface area contributed by atoms with Crippen molar-refractivity contribution in [2.75, 3.05) is 7.11 Å². The van der Waals surface area contributed by atoms with Crippen LogP contribution in [-0.2, 0) is 21.0 Å². The Morgan fingerprint density at radius 3 is 2.41 bits per heavy atom. The predicted octanol–water partition coefficient (Wildman–Crippen LogP) is 3.95. The minimum atomic E-state index is -0.638. The molecule has 0 amide bonds. The average molecular weight is 303 g/mol. The lowest BCUT2D eigenvalue weighted by Crippen LogP contribution is -2.40. The highest BCUT2D eigenvalue weighted by Crippen LogP contribution is 2.44. The molecule has 1 aliphatic carbocycles. The van der Waals surface area contributed by atoms with Crippen LogP contribution in [0, 0.1) is 10.8 Å². The summed E-state index contributed by atoms with van der Waals surface area (Å²) in [7, 11) is 1.43. The van der Waals surface area contributed by atoms with Gasteiger partial charge in [-0.1, -0.05) is 49.3 Å². The van der Waals surface area contributed by atoms with Gasteiger partial charge in [0.2, 0.25) is 0 Å². The highest BCUT2D eigenvalue weighted by atomic mass is 16.6. The largest absolute Gasteiger partial charge is 0.468 e. The van der Waals surface area contributed by atoms with E-state index in [0.29, 0.717) is 6.61 Å². The van der Waals surface area contributed by atoms with Gasteiger partial charge in [-0.2, -0.15) is 0 Å². The fourth-order valence-electron chi connectivity index (χ4n) is 2.79. The summed E-state index contributed by atoms with van der Waals surface area (Å²) in [6, 6.07) is 9.84. The molecule has 0 saturated heterocycles. The molecule has 2 rings (SSSR count). The second-order valence-corrected chi connectivity index (χ2v) is 6.81. The Balaban J connectivity index is 1.98. The van der Waals surface area contributed by atoms with Gasteiger partial charge >= 0.3 is 5.97 Å². The van der Waals surface area contributed by atoms with Crippen molar-refractivity contribution in [3.63, 3.8) is 0 Å². The van der Waals surface area contributed by atoms with Gasteiger partial charge in [0.1, 0.15) is 12.0 Å². The van der Waals surface area contributed by atoms with Gasteiger partial charge in [-0.25, -0.2) is 0 Å². The number of carbonyl (C=O) groups is 1. The van der Waals surface area contributed by atoms with Crippen LogP contribution in [0.4, 0.5) is 0 Å². The summed E-state index contributed by atoms with van der Waals surface area (Å²) < 4.78 is 4.99. The van der Waals surface area contributed by atoms with Crippen LogP contribution in [0.3, 0.4) is 0 Å². The summed E-state index contributed by atoms with van der Waals surface area (Å²) in [5.74, 6) is -0.213. The third-order valence-corrected chi connectivity index (χ3v) is 4.54. The van der Waals surface area contributed by atoms with E-state index >= 15 is 0 Å². The molecular formula is C18H25NO3. The molecule has 1 aromatic rings. The first kappa shape index (κ1) is 16.5. The van der Waals surface area contributed by atoms with Crippen LogP contribution in [0.2, 0.25) is 0 Å². The zero-order chi connectivity index (χ0) is 16.1. The molecule has 0 N–H and O–H groups in total. The van der Waals surface area contributed by atoms with Gasteiger partial charge in [0.15, 0.2) is 0 Å². The summed E-state index contributed by atoms with van der Waals surface area (Å²) in [4.78, 5) is 17.6. The molecule has 120 valence electrons. The molecule has 0 heterocycles. The van der Waals surface area contributed by atoms with E-state index in [4.69, 9.17) is 9.57 Å². The van der Waals surface area contributed by atoms with Crippen LogP contribution < -0.4 is 0 Å². The minimum absolute atomic E-state index is 0.213. The van der Waals surface area contributed by atoms with E-state index in [-0.39, 0.29) is 11.4 Å². The predicted molar refractivity (Wildman–Crippen MR) is 86.4 cm³/mol. The van der Waals surface area contributed by atoms with Gasteiger partial charge in [-0.15, -0.1) is 0 Å². The normalized spacial score (nSPS) is 19.8. The van der Waals surface area contributed by atoms with Gasteiger partial charge in [0.05, 0.1) is 13.3 Å². The van der Waals surface area contributed by atoms with E-state index in [0.717, 1.165) is 31.2 Å². The standard InChI is InChI=1S/C18H25NO3/c1-17(2)9-11-18(12-10-17,16(20)21-3)14-19-22-13-15-7-5-4-6-8-15/h4-8,14H,9-13H2,1-3H3.